The molecule has 0 aliphatic heterocycles. The first kappa shape index (κ1) is 16.2. The van der Waals surface area contributed by atoms with Crippen LogP contribution in [0.15, 0.2) is 41.3 Å². The fourth-order valence-corrected chi connectivity index (χ4v) is 4.53. The summed E-state index contributed by atoms with van der Waals surface area (Å²) in [6, 6.07) is 8.52. The monoisotopic (exact) mass is 347 g/mol. The Labute approximate surface area is 132 Å². The van der Waals surface area contributed by atoms with Gasteiger partial charge in [0.25, 0.3) is 0 Å². The summed E-state index contributed by atoms with van der Waals surface area (Å²) in [5.74, 6) is -1.14. The Hall–Kier alpha value is -1.14. The van der Waals surface area contributed by atoms with E-state index in [0.29, 0.717) is 5.56 Å². The summed E-state index contributed by atoms with van der Waals surface area (Å²) in [6.45, 7) is 0.195. The third-order valence-electron chi connectivity index (χ3n) is 2.92. The van der Waals surface area contributed by atoms with Gasteiger partial charge in [0.15, 0.2) is 9.84 Å². The van der Waals surface area contributed by atoms with E-state index in [1.165, 1.54) is 30.3 Å². The zero-order chi connectivity index (χ0) is 15.6. The Kier molecular flexibility index (Phi) is 4.88. The largest absolute Gasteiger partial charge is 0.326 e. The van der Waals surface area contributed by atoms with Crippen LogP contribution in [0.2, 0.25) is 10.0 Å². The number of hydrogen-bond acceptors (Lipinski definition) is 3. The molecule has 112 valence electrons. The predicted octanol–water partition coefficient (Wildman–Crippen LogP) is 3.57. The molecule has 0 fully saturated rings. The van der Waals surface area contributed by atoms with Gasteiger partial charge in [-0.2, -0.15) is 0 Å². The molecule has 2 aromatic rings. The molecule has 0 bridgehead atoms. The van der Waals surface area contributed by atoms with Crippen LogP contribution in [0.5, 0.6) is 0 Å². The molecule has 2 aromatic carbocycles. The van der Waals surface area contributed by atoms with E-state index in [0.717, 1.165) is 0 Å². The van der Waals surface area contributed by atoms with Gasteiger partial charge >= 0.3 is 0 Å². The van der Waals surface area contributed by atoms with Gasteiger partial charge in [-0.3, -0.25) is 0 Å². The second kappa shape index (κ2) is 6.32. The molecule has 0 radical (unpaired) electrons. The van der Waals surface area contributed by atoms with Crippen molar-refractivity contribution >= 4 is 33.0 Å². The molecule has 0 aliphatic carbocycles. The first-order valence-corrected chi connectivity index (χ1v) is 8.40. The van der Waals surface area contributed by atoms with Gasteiger partial charge in [-0.15, -0.1) is 0 Å². The van der Waals surface area contributed by atoms with Crippen LogP contribution in [0.3, 0.4) is 0 Å². The highest BCUT2D eigenvalue weighted by Gasteiger charge is 2.23. The van der Waals surface area contributed by atoms with Crippen molar-refractivity contribution in [3.05, 3.63) is 63.4 Å². The normalized spacial score (nSPS) is 11.6. The summed E-state index contributed by atoms with van der Waals surface area (Å²) in [4.78, 5) is -0.189. The summed E-state index contributed by atoms with van der Waals surface area (Å²) >= 11 is 11.8. The Morgan fingerprint density at radius 2 is 1.71 bits per heavy atom. The van der Waals surface area contributed by atoms with Crippen molar-refractivity contribution in [1.29, 1.82) is 0 Å². The lowest BCUT2D eigenvalue weighted by atomic mass is 10.1. The van der Waals surface area contributed by atoms with E-state index in [2.05, 4.69) is 0 Å². The van der Waals surface area contributed by atoms with Crippen molar-refractivity contribution in [2.24, 2.45) is 5.73 Å². The summed E-state index contributed by atoms with van der Waals surface area (Å²) in [7, 11) is -3.87. The third kappa shape index (κ3) is 3.55. The van der Waals surface area contributed by atoms with Gasteiger partial charge < -0.3 is 5.73 Å². The molecule has 2 rings (SSSR count). The number of halogens is 3. The van der Waals surface area contributed by atoms with E-state index in [4.69, 9.17) is 28.9 Å². The lowest BCUT2D eigenvalue weighted by Gasteiger charge is -2.10. The topological polar surface area (TPSA) is 60.2 Å². The second-order valence-corrected chi connectivity index (χ2v) is 7.18. The van der Waals surface area contributed by atoms with Crippen LogP contribution in [0.25, 0.3) is 0 Å². The Morgan fingerprint density at radius 1 is 1.10 bits per heavy atom. The summed E-state index contributed by atoms with van der Waals surface area (Å²) in [6.07, 6.45) is 0. The van der Waals surface area contributed by atoms with E-state index >= 15 is 0 Å². The molecule has 0 saturated carbocycles. The van der Waals surface area contributed by atoms with Gasteiger partial charge in [0.2, 0.25) is 0 Å². The zero-order valence-electron chi connectivity index (χ0n) is 10.8. The molecule has 3 nitrogen and oxygen atoms in total. The van der Waals surface area contributed by atoms with Crippen molar-refractivity contribution in [3.8, 4) is 0 Å². The second-order valence-electron chi connectivity index (χ2n) is 4.44. The maximum atomic E-state index is 13.8. The van der Waals surface area contributed by atoms with Crippen molar-refractivity contribution in [1.82, 2.24) is 0 Å². The van der Waals surface area contributed by atoms with Crippen LogP contribution in [-0.4, -0.2) is 8.42 Å². The van der Waals surface area contributed by atoms with E-state index in [-0.39, 0.29) is 27.0 Å². The minimum absolute atomic E-state index is 0.0119. The van der Waals surface area contributed by atoms with Crippen LogP contribution < -0.4 is 5.73 Å². The smallest absolute Gasteiger partial charge is 0.185 e. The minimum Gasteiger partial charge on any atom is -0.326 e. The number of nitrogens with two attached hydrogens (primary N) is 1. The molecule has 2 N–H and O–H groups in total. The highest BCUT2D eigenvalue weighted by atomic mass is 35.5. The fourth-order valence-electron chi connectivity index (χ4n) is 1.92. The van der Waals surface area contributed by atoms with Crippen molar-refractivity contribution in [3.63, 3.8) is 0 Å². The van der Waals surface area contributed by atoms with Crippen molar-refractivity contribution in [2.45, 2.75) is 17.2 Å². The van der Waals surface area contributed by atoms with E-state index < -0.39 is 21.4 Å². The summed E-state index contributed by atoms with van der Waals surface area (Å²) in [5.41, 5.74) is 6.16. The first-order chi connectivity index (χ1) is 9.85. The Morgan fingerprint density at radius 3 is 2.29 bits per heavy atom. The highest BCUT2D eigenvalue weighted by Crippen LogP contribution is 2.31. The molecule has 0 atom stereocenters. The van der Waals surface area contributed by atoms with Crippen LogP contribution in [0, 0.1) is 5.82 Å². The zero-order valence-corrected chi connectivity index (χ0v) is 13.1. The van der Waals surface area contributed by atoms with Gasteiger partial charge in [0.1, 0.15) is 10.7 Å². The maximum Gasteiger partial charge on any atom is 0.185 e. The number of sulfone groups is 1. The van der Waals surface area contributed by atoms with Gasteiger partial charge in [0, 0.05) is 12.1 Å². The number of hydrogen-bond donors (Lipinski definition) is 1. The van der Waals surface area contributed by atoms with Crippen molar-refractivity contribution in [2.75, 3.05) is 0 Å². The van der Waals surface area contributed by atoms with Crippen LogP contribution in [-0.2, 0) is 22.1 Å². The third-order valence-corrected chi connectivity index (χ3v) is 5.53. The molecule has 0 heterocycles. The van der Waals surface area contributed by atoms with E-state index in [1.807, 2.05) is 0 Å². The lowest BCUT2D eigenvalue weighted by molar-refractivity contribution is 0.587. The molecule has 0 aliphatic rings. The molecule has 0 saturated heterocycles. The molecular weight excluding hydrogens is 336 g/mol. The van der Waals surface area contributed by atoms with Crippen LogP contribution >= 0.6 is 23.2 Å². The standard InChI is InChI=1S/C14H12Cl2FNO2S/c15-11-2-1-3-12(16)14(11)21(19,20)8-10-6-9(7-18)4-5-13(10)17/h1-6H,7-8,18H2. The van der Waals surface area contributed by atoms with Crippen LogP contribution in [0.4, 0.5) is 4.39 Å². The molecular formula is C14H12Cl2FNO2S. The average molecular weight is 348 g/mol. The Bertz CT molecular complexity index is 758. The van der Waals surface area contributed by atoms with Gasteiger partial charge in [-0.25, -0.2) is 12.8 Å². The SMILES string of the molecule is NCc1ccc(F)c(CS(=O)(=O)c2c(Cl)cccc2Cl)c1. The molecule has 0 aromatic heterocycles. The summed E-state index contributed by atoms with van der Waals surface area (Å²) in [5, 5.41) is 0.0239. The lowest BCUT2D eigenvalue weighted by Crippen LogP contribution is -2.09. The average Bonchev–Trinajstić information content (AvgIpc) is 2.40. The van der Waals surface area contributed by atoms with Gasteiger partial charge in [0.05, 0.1) is 15.8 Å². The minimum atomic E-state index is -3.87. The number of rotatable bonds is 4. The van der Waals surface area contributed by atoms with Crippen molar-refractivity contribution < 1.29 is 12.8 Å². The van der Waals surface area contributed by atoms with Gasteiger partial charge in [-0.1, -0.05) is 41.4 Å². The highest BCUT2D eigenvalue weighted by molar-refractivity contribution is 7.90. The number of benzene rings is 2. The van der Waals surface area contributed by atoms with Gasteiger partial charge in [-0.05, 0) is 23.8 Å². The van der Waals surface area contributed by atoms with E-state index in [1.54, 1.807) is 6.07 Å². The van der Waals surface area contributed by atoms with Crippen LogP contribution in [0.1, 0.15) is 11.1 Å². The molecule has 21 heavy (non-hydrogen) atoms. The molecule has 0 amide bonds. The maximum absolute atomic E-state index is 13.8. The predicted molar refractivity (Wildman–Crippen MR) is 81.6 cm³/mol. The molecule has 0 unspecified atom stereocenters. The first-order valence-electron chi connectivity index (χ1n) is 5.99. The fraction of sp³-hybridized carbons (Fsp3) is 0.143. The molecule has 7 heteroatoms. The van der Waals surface area contributed by atoms with E-state index in [9.17, 15) is 12.8 Å². The summed E-state index contributed by atoms with van der Waals surface area (Å²) < 4.78 is 38.6. The molecule has 0 spiro atoms. The quantitative estimate of drug-likeness (QED) is 0.919. The Balaban J connectivity index is 2.47.